The molecule has 15 heteroatoms. The number of hydrogen-bond donors (Lipinski definition) is 2. The lowest BCUT2D eigenvalue weighted by atomic mass is 9.93. The highest BCUT2D eigenvalue weighted by Gasteiger charge is 2.32. The van der Waals surface area contributed by atoms with Gasteiger partial charge in [-0.25, -0.2) is 23.1 Å². The molecule has 5 heterocycles. The van der Waals surface area contributed by atoms with Gasteiger partial charge in [0.25, 0.3) is 5.95 Å². The zero-order valence-corrected chi connectivity index (χ0v) is 23.2. The van der Waals surface area contributed by atoms with Crippen LogP contribution >= 0.6 is 12.4 Å². The predicted octanol–water partition coefficient (Wildman–Crippen LogP) is 3.12. The van der Waals surface area contributed by atoms with Crippen LogP contribution in [-0.2, 0) is 4.74 Å². The van der Waals surface area contributed by atoms with Gasteiger partial charge in [0.1, 0.15) is 5.82 Å². The van der Waals surface area contributed by atoms with Gasteiger partial charge in [-0.05, 0) is 48.4 Å². The molecule has 3 atom stereocenters. The molecule has 0 saturated carbocycles. The van der Waals surface area contributed by atoms with Crippen molar-refractivity contribution in [1.29, 1.82) is 0 Å². The van der Waals surface area contributed by atoms with E-state index in [1.54, 1.807) is 17.2 Å². The van der Waals surface area contributed by atoms with Crippen LogP contribution in [-0.4, -0.2) is 82.2 Å². The Morgan fingerprint density at radius 1 is 1.02 bits per heavy atom. The third kappa shape index (κ3) is 6.81. The maximum absolute atomic E-state index is 14.3. The summed E-state index contributed by atoms with van der Waals surface area (Å²) < 4.78 is 52.7. The fraction of sp³-hybridized carbons (Fsp3) is 0.577. The number of nitrogens with zero attached hydrogens (tertiary/aromatic N) is 7. The van der Waals surface area contributed by atoms with Crippen molar-refractivity contribution in [3.8, 4) is 5.75 Å². The molecule has 3 aromatic rings. The number of halogens is 4. The van der Waals surface area contributed by atoms with E-state index in [0.29, 0.717) is 55.9 Å². The van der Waals surface area contributed by atoms with E-state index in [1.807, 2.05) is 0 Å². The standard InChI is InChI=1S/C26H32F3N9O2.ClH/c27-21-10-23(29)22(28)9-19(21)20-13-30-14-24(20)33-25-31-11-18(12-32-25)40-8-3-16-1-5-37(6-2-16)26-34-36-38(35-26)17-4-7-39-15-17;/h9-12,16-17,20,24,30H,1-8,13-15H2,(H,31,32,33);1H/t17-,20-,24+;/m1./s1. The first-order valence-corrected chi connectivity index (χ1v) is 13.7. The van der Waals surface area contributed by atoms with Crippen molar-refractivity contribution in [2.75, 3.05) is 56.2 Å². The van der Waals surface area contributed by atoms with E-state index < -0.39 is 23.4 Å². The van der Waals surface area contributed by atoms with E-state index in [0.717, 1.165) is 51.4 Å². The van der Waals surface area contributed by atoms with Crippen molar-refractivity contribution in [2.24, 2.45) is 5.92 Å². The molecule has 0 radical (unpaired) electrons. The summed E-state index contributed by atoms with van der Waals surface area (Å²) in [6.45, 7) is 4.63. The molecule has 0 spiro atoms. The van der Waals surface area contributed by atoms with Crippen LogP contribution in [0.2, 0.25) is 0 Å². The van der Waals surface area contributed by atoms with E-state index >= 15 is 0 Å². The highest BCUT2D eigenvalue weighted by Crippen LogP contribution is 2.29. The fourth-order valence-electron chi connectivity index (χ4n) is 5.58. The second-order valence-electron chi connectivity index (χ2n) is 10.5. The van der Waals surface area contributed by atoms with E-state index in [-0.39, 0.29) is 30.1 Å². The lowest BCUT2D eigenvalue weighted by Gasteiger charge is -2.30. The monoisotopic (exact) mass is 595 g/mol. The van der Waals surface area contributed by atoms with Crippen molar-refractivity contribution >= 4 is 24.3 Å². The van der Waals surface area contributed by atoms with Crippen LogP contribution in [0, 0.1) is 23.4 Å². The molecule has 3 saturated heterocycles. The van der Waals surface area contributed by atoms with Crippen LogP contribution in [0.15, 0.2) is 24.5 Å². The minimum atomic E-state index is -1.20. The summed E-state index contributed by atoms with van der Waals surface area (Å²) in [4.78, 5) is 12.5. The molecular formula is C26H33ClF3N9O2. The number of ether oxygens (including phenoxy) is 2. The van der Waals surface area contributed by atoms with Gasteiger partial charge in [0.15, 0.2) is 17.4 Å². The number of benzene rings is 1. The average molecular weight is 596 g/mol. The number of hydrogen-bond acceptors (Lipinski definition) is 10. The summed E-state index contributed by atoms with van der Waals surface area (Å²) in [6, 6.07) is 1.41. The fourth-order valence-corrected chi connectivity index (χ4v) is 5.58. The molecule has 1 aromatic carbocycles. The first-order valence-electron chi connectivity index (χ1n) is 13.7. The summed E-state index contributed by atoms with van der Waals surface area (Å²) in [7, 11) is 0. The van der Waals surface area contributed by atoms with Gasteiger partial charge >= 0.3 is 0 Å². The highest BCUT2D eigenvalue weighted by atomic mass is 35.5. The maximum Gasteiger partial charge on any atom is 0.266 e. The summed E-state index contributed by atoms with van der Waals surface area (Å²) >= 11 is 0. The highest BCUT2D eigenvalue weighted by molar-refractivity contribution is 5.85. The number of nitrogens with one attached hydrogen (secondary N) is 2. The Morgan fingerprint density at radius 3 is 2.56 bits per heavy atom. The Morgan fingerprint density at radius 2 is 1.80 bits per heavy atom. The lowest BCUT2D eigenvalue weighted by molar-refractivity contribution is 0.181. The Kier molecular flexibility index (Phi) is 9.40. The Hall–Kier alpha value is -3.23. The molecule has 6 rings (SSSR count). The van der Waals surface area contributed by atoms with E-state index in [2.05, 4.69) is 40.9 Å². The van der Waals surface area contributed by atoms with Gasteiger partial charge in [-0.2, -0.15) is 4.80 Å². The number of piperidine rings is 1. The SMILES string of the molecule is Cl.Fc1cc(F)c([C@H]2CNC[C@@H]2Nc2ncc(OCCC3CCN(c4nnn([C@@H]5CCOC5)n4)CC3)cn2)cc1F. The average Bonchev–Trinajstić information content (AvgIpc) is 3.75. The largest absolute Gasteiger partial charge is 0.490 e. The van der Waals surface area contributed by atoms with Crippen LogP contribution in [0.5, 0.6) is 5.75 Å². The van der Waals surface area contributed by atoms with E-state index in [1.165, 1.54) is 0 Å². The third-order valence-corrected chi connectivity index (χ3v) is 7.94. The van der Waals surface area contributed by atoms with Crippen LogP contribution in [0.1, 0.15) is 43.2 Å². The van der Waals surface area contributed by atoms with Gasteiger partial charge in [0, 0.05) is 50.8 Å². The quantitative estimate of drug-likeness (QED) is 0.358. The molecule has 11 nitrogen and oxygen atoms in total. The Labute approximate surface area is 241 Å². The smallest absolute Gasteiger partial charge is 0.266 e. The first kappa shape index (κ1) is 29.3. The van der Waals surface area contributed by atoms with Crippen LogP contribution in [0.25, 0.3) is 0 Å². The molecule has 0 aliphatic carbocycles. The van der Waals surface area contributed by atoms with Crippen molar-refractivity contribution in [3.63, 3.8) is 0 Å². The van der Waals surface area contributed by atoms with Crippen molar-refractivity contribution < 1.29 is 22.6 Å². The minimum absolute atomic E-state index is 0. The number of anilines is 2. The molecule has 0 amide bonds. The van der Waals surface area contributed by atoms with Crippen molar-refractivity contribution in [3.05, 3.63) is 47.5 Å². The molecule has 222 valence electrons. The first-order chi connectivity index (χ1) is 19.5. The summed E-state index contributed by atoms with van der Waals surface area (Å²) in [5, 5.41) is 19.3. The second kappa shape index (κ2) is 13.2. The van der Waals surface area contributed by atoms with Crippen molar-refractivity contribution in [2.45, 2.75) is 43.7 Å². The molecule has 0 bridgehead atoms. The Bertz CT molecular complexity index is 1290. The van der Waals surface area contributed by atoms with Crippen LogP contribution in [0.3, 0.4) is 0 Å². The molecule has 2 aromatic heterocycles. The number of tetrazole rings is 1. The van der Waals surface area contributed by atoms with Gasteiger partial charge in [0.2, 0.25) is 5.95 Å². The molecule has 2 N–H and O–H groups in total. The van der Waals surface area contributed by atoms with Gasteiger partial charge in [-0.1, -0.05) is 5.10 Å². The Balaban J connectivity index is 0.00000337. The molecule has 41 heavy (non-hydrogen) atoms. The van der Waals surface area contributed by atoms with Gasteiger partial charge in [0.05, 0.1) is 31.6 Å². The molecule has 3 fully saturated rings. The third-order valence-electron chi connectivity index (χ3n) is 7.94. The van der Waals surface area contributed by atoms with Crippen LogP contribution < -0.4 is 20.3 Å². The normalized spacial score (nSPS) is 23.0. The topological polar surface area (TPSA) is 115 Å². The van der Waals surface area contributed by atoms with Crippen molar-refractivity contribution in [1.82, 2.24) is 35.5 Å². The van der Waals surface area contributed by atoms with E-state index in [9.17, 15) is 13.2 Å². The maximum atomic E-state index is 14.3. The summed E-state index contributed by atoms with van der Waals surface area (Å²) in [5.41, 5.74) is 0.119. The number of rotatable bonds is 9. The zero-order chi connectivity index (χ0) is 27.5. The van der Waals surface area contributed by atoms with Gasteiger partial charge in [-0.3, -0.25) is 0 Å². The van der Waals surface area contributed by atoms with Gasteiger partial charge < -0.3 is 25.0 Å². The second-order valence-corrected chi connectivity index (χ2v) is 10.5. The minimum Gasteiger partial charge on any atom is -0.490 e. The molecule has 0 unspecified atom stereocenters. The molecule has 3 aliphatic rings. The number of aromatic nitrogens is 6. The summed E-state index contributed by atoms with van der Waals surface area (Å²) in [6.07, 6.45) is 7.08. The van der Waals surface area contributed by atoms with Gasteiger partial charge in [-0.15, -0.1) is 17.5 Å². The summed E-state index contributed by atoms with van der Waals surface area (Å²) in [5.74, 6) is -1.29. The molecule has 3 aliphatic heterocycles. The predicted molar refractivity (Wildman–Crippen MR) is 146 cm³/mol. The van der Waals surface area contributed by atoms with E-state index in [4.69, 9.17) is 9.47 Å². The molecular weight excluding hydrogens is 563 g/mol. The van der Waals surface area contributed by atoms with Crippen LogP contribution in [0.4, 0.5) is 25.1 Å². The lowest BCUT2D eigenvalue weighted by Crippen LogP contribution is -2.35. The zero-order valence-electron chi connectivity index (χ0n) is 22.4.